The number of ketones is 1. The normalized spacial score (nSPS) is 11.4. The molecule has 0 aliphatic rings. The number of para-hydroxylation sites is 2. The number of nitrogens with zero attached hydrogens (tertiary/aromatic N) is 4. The maximum atomic E-state index is 12.9. The molecule has 120 valence electrons. The molecule has 0 atom stereocenters. The third-order valence-electron chi connectivity index (χ3n) is 3.95. The van der Waals surface area contributed by atoms with Gasteiger partial charge in [0.2, 0.25) is 5.78 Å². The van der Waals surface area contributed by atoms with Gasteiger partial charge in [-0.3, -0.25) is 4.79 Å². The van der Waals surface area contributed by atoms with E-state index in [4.69, 9.17) is 4.98 Å². The van der Waals surface area contributed by atoms with Crippen molar-refractivity contribution in [2.45, 2.75) is 0 Å². The van der Waals surface area contributed by atoms with Gasteiger partial charge in [-0.15, -0.1) is 27.8 Å². The first-order valence-corrected chi connectivity index (χ1v) is 9.35. The van der Waals surface area contributed by atoms with Crippen LogP contribution in [-0.2, 0) is 0 Å². The quantitative estimate of drug-likeness (QED) is 0.449. The Morgan fingerprint density at radius 2 is 1.80 bits per heavy atom. The van der Waals surface area contributed by atoms with Crippen LogP contribution in [0.2, 0.25) is 0 Å². The van der Waals surface area contributed by atoms with Crippen LogP contribution in [0, 0.1) is 0 Å². The van der Waals surface area contributed by atoms with Crippen molar-refractivity contribution in [3.05, 3.63) is 69.9 Å². The summed E-state index contributed by atoms with van der Waals surface area (Å²) in [5, 5.41) is 12.3. The highest BCUT2D eigenvalue weighted by molar-refractivity contribution is 7.13. The monoisotopic (exact) mass is 362 g/mol. The second kappa shape index (κ2) is 5.58. The summed E-state index contributed by atoms with van der Waals surface area (Å²) in [4.78, 5) is 19.3. The van der Waals surface area contributed by atoms with Crippen molar-refractivity contribution in [2.24, 2.45) is 0 Å². The first kappa shape index (κ1) is 14.4. The van der Waals surface area contributed by atoms with Gasteiger partial charge in [0.05, 0.1) is 20.8 Å². The number of hydrogen-bond acceptors (Lipinski definition) is 6. The van der Waals surface area contributed by atoms with Gasteiger partial charge in [-0.1, -0.05) is 29.5 Å². The maximum absolute atomic E-state index is 12.9. The smallest absolute Gasteiger partial charge is 0.225 e. The minimum absolute atomic E-state index is 0.125. The standard InChI is InChI=1S/C18H10N4OS2/c23-18(14-8-4-10-25-14)16-17-15(13-7-3-9-24-13)19-11-5-1-2-6-12(11)22(17)21-20-16/h1-10H. The van der Waals surface area contributed by atoms with E-state index >= 15 is 0 Å². The first-order valence-electron chi connectivity index (χ1n) is 7.59. The molecular weight excluding hydrogens is 352 g/mol. The van der Waals surface area contributed by atoms with Gasteiger partial charge < -0.3 is 0 Å². The largest absolute Gasteiger partial charge is 0.286 e. The van der Waals surface area contributed by atoms with Crippen LogP contribution in [-0.4, -0.2) is 25.6 Å². The van der Waals surface area contributed by atoms with Crippen LogP contribution >= 0.6 is 22.7 Å². The average molecular weight is 362 g/mol. The highest BCUT2D eigenvalue weighted by Gasteiger charge is 2.23. The number of rotatable bonds is 3. The molecule has 7 heteroatoms. The molecule has 0 aliphatic carbocycles. The summed E-state index contributed by atoms with van der Waals surface area (Å²) < 4.78 is 1.72. The molecule has 25 heavy (non-hydrogen) atoms. The second-order valence-electron chi connectivity index (χ2n) is 5.43. The zero-order chi connectivity index (χ0) is 16.8. The fourth-order valence-corrected chi connectivity index (χ4v) is 4.22. The van der Waals surface area contributed by atoms with Crippen LogP contribution in [0.3, 0.4) is 0 Å². The summed E-state index contributed by atoms with van der Waals surface area (Å²) in [6.07, 6.45) is 0. The van der Waals surface area contributed by atoms with Gasteiger partial charge in [0, 0.05) is 0 Å². The molecule has 0 spiro atoms. The molecular formula is C18H10N4OS2. The van der Waals surface area contributed by atoms with Crippen LogP contribution in [0.1, 0.15) is 15.4 Å². The lowest BCUT2D eigenvalue weighted by molar-refractivity contribution is 0.103. The molecule has 0 fully saturated rings. The zero-order valence-electron chi connectivity index (χ0n) is 12.8. The average Bonchev–Trinajstić information content (AvgIpc) is 3.42. The Labute approximate surface area is 150 Å². The molecule has 1 aromatic carbocycles. The maximum Gasteiger partial charge on any atom is 0.225 e. The lowest BCUT2D eigenvalue weighted by Gasteiger charge is -2.06. The third kappa shape index (κ3) is 2.20. The van der Waals surface area contributed by atoms with Crippen LogP contribution in [0.25, 0.3) is 27.1 Å². The van der Waals surface area contributed by atoms with Gasteiger partial charge in [-0.05, 0) is 35.0 Å². The van der Waals surface area contributed by atoms with E-state index in [2.05, 4.69) is 10.3 Å². The van der Waals surface area contributed by atoms with Crippen molar-refractivity contribution in [1.82, 2.24) is 19.8 Å². The van der Waals surface area contributed by atoms with E-state index in [0.29, 0.717) is 16.1 Å². The summed E-state index contributed by atoms with van der Waals surface area (Å²) in [6, 6.07) is 15.4. The third-order valence-corrected chi connectivity index (χ3v) is 5.70. The predicted molar refractivity (Wildman–Crippen MR) is 99.4 cm³/mol. The van der Waals surface area contributed by atoms with Gasteiger partial charge in [-0.25, -0.2) is 9.50 Å². The molecule has 0 radical (unpaired) electrons. The molecule has 5 aromatic rings. The number of thiophene rings is 2. The summed E-state index contributed by atoms with van der Waals surface area (Å²) in [5.41, 5.74) is 3.37. The molecule has 0 unspecified atom stereocenters. The molecule has 0 bridgehead atoms. The van der Waals surface area contributed by atoms with E-state index in [1.807, 2.05) is 53.2 Å². The van der Waals surface area contributed by atoms with Crippen LogP contribution in [0.4, 0.5) is 0 Å². The number of carbonyl (C=O) groups is 1. The Bertz CT molecular complexity index is 1210. The number of fused-ring (bicyclic) bond motifs is 3. The lowest BCUT2D eigenvalue weighted by atomic mass is 10.1. The fraction of sp³-hybridized carbons (Fsp3) is 0. The number of aromatic nitrogens is 4. The summed E-state index contributed by atoms with van der Waals surface area (Å²) in [7, 11) is 0. The van der Waals surface area contributed by atoms with Crippen LogP contribution < -0.4 is 0 Å². The number of hydrogen-bond donors (Lipinski definition) is 0. The molecule has 5 nitrogen and oxygen atoms in total. The van der Waals surface area contributed by atoms with Gasteiger partial charge in [-0.2, -0.15) is 0 Å². The molecule has 5 rings (SSSR count). The Morgan fingerprint density at radius 1 is 0.960 bits per heavy atom. The summed E-state index contributed by atoms with van der Waals surface area (Å²) in [5.74, 6) is -0.125. The fourth-order valence-electron chi connectivity index (χ4n) is 2.84. The number of carbonyl (C=O) groups excluding carboxylic acids is 1. The Morgan fingerprint density at radius 3 is 2.60 bits per heavy atom. The summed E-state index contributed by atoms with van der Waals surface area (Å²) in [6.45, 7) is 0. The van der Waals surface area contributed by atoms with Crippen molar-refractivity contribution in [2.75, 3.05) is 0 Å². The van der Waals surface area contributed by atoms with E-state index in [0.717, 1.165) is 21.6 Å². The van der Waals surface area contributed by atoms with E-state index in [1.165, 1.54) is 11.3 Å². The molecule has 0 aliphatic heterocycles. The van der Waals surface area contributed by atoms with E-state index in [-0.39, 0.29) is 5.78 Å². The molecule has 4 heterocycles. The number of benzene rings is 1. The molecule has 4 aromatic heterocycles. The van der Waals surface area contributed by atoms with Crippen molar-refractivity contribution >= 4 is 45.0 Å². The second-order valence-corrected chi connectivity index (χ2v) is 7.33. The van der Waals surface area contributed by atoms with Gasteiger partial charge in [0.1, 0.15) is 11.2 Å². The van der Waals surface area contributed by atoms with E-state index in [9.17, 15) is 4.79 Å². The van der Waals surface area contributed by atoms with E-state index < -0.39 is 0 Å². The van der Waals surface area contributed by atoms with Crippen LogP contribution in [0.15, 0.2) is 59.3 Å². The highest BCUT2D eigenvalue weighted by atomic mass is 32.1. The Hall–Kier alpha value is -2.90. The topological polar surface area (TPSA) is 60.2 Å². The minimum atomic E-state index is -0.125. The van der Waals surface area contributed by atoms with E-state index in [1.54, 1.807) is 21.9 Å². The van der Waals surface area contributed by atoms with Crippen LogP contribution in [0.5, 0.6) is 0 Å². The molecule has 0 saturated carbocycles. The Kier molecular flexibility index (Phi) is 3.22. The molecule has 0 amide bonds. The first-order chi connectivity index (χ1) is 12.3. The van der Waals surface area contributed by atoms with Crippen molar-refractivity contribution in [1.29, 1.82) is 0 Å². The van der Waals surface area contributed by atoms with Gasteiger partial charge in [0.25, 0.3) is 0 Å². The zero-order valence-corrected chi connectivity index (χ0v) is 14.4. The molecule has 0 N–H and O–H groups in total. The van der Waals surface area contributed by atoms with Gasteiger partial charge in [0.15, 0.2) is 5.69 Å². The minimum Gasteiger partial charge on any atom is -0.286 e. The van der Waals surface area contributed by atoms with Crippen molar-refractivity contribution in [3.63, 3.8) is 0 Å². The van der Waals surface area contributed by atoms with Gasteiger partial charge >= 0.3 is 0 Å². The summed E-state index contributed by atoms with van der Waals surface area (Å²) >= 11 is 2.98. The van der Waals surface area contributed by atoms with Crippen molar-refractivity contribution < 1.29 is 4.79 Å². The van der Waals surface area contributed by atoms with Crippen molar-refractivity contribution in [3.8, 4) is 10.6 Å². The predicted octanol–water partition coefficient (Wildman–Crippen LogP) is 4.30. The highest BCUT2D eigenvalue weighted by Crippen LogP contribution is 2.31. The lowest BCUT2D eigenvalue weighted by Crippen LogP contribution is -2.02. The molecule has 0 saturated heterocycles. The Balaban J connectivity index is 1.89. The SMILES string of the molecule is O=C(c1cccs1)c1nnn2c1c(-c1cccs1)nc1ccccc12.